The van der Waals surface area contributed by atoms with Crippen LogP contribution in [0, 0.1) is 0 Å². The minimum absolute atomic E-state index is 0.158. The topological polar surface area (TPSA) is 92.0 Å². The second kappa shape index (κ2) is 4.94. The van der Waals surface area contributed by atoms with Crippen molar-refractivity contribution in [1.82, 2.24) is 0 Å². The molecule has 1 unspecified atom stereocenters. The normalized spacial score (nSPS) is 21.2. The molecule has 0 aromatic heterocycles. The van der Waals surface area contributed by atoms with Gasteiger partial charge < -0.3 is 30.0 Å². The van der Waals surface area contributed by atoms with Gasteiger partial charge in [0, 0.05) is 12.1 Å². The molecule has 3 rings (SSSR count). The highest BCUT2D eigenvalue weighted by atomic mass is 16.7. The van der Waals surface area contributed by atoms with E-state index in [1.165, 1.54) is 0 Å². The number of nitrogens with two attached hydrogens (primary N) is 1. The lowest BCUT2D eigenvalue weighted by molar-refractivity contribution is -0.142. The molecule has 7 heteroatoms. The van der Waals surface area contributed by atoms with Gasteiger partial charge in [-0.1, -0.05) is 0 Å². The third kappa shape index (κ3) is 2.42. The van der Waals surface area contributed by atoms with E-state index in [0.717, 1.165) is 0 Å². The molecule has 2 aliphatic rings. The summed E-state index contributed by atoms with van der Waals surface area (Å²) in [7, 11) is 0. The van der Waals surface area contributed by atoms with Crippen LogP contribution in [0.2, 0.25) is 0 Å². The lowest BCUT2D eigenvalue weighted by Crippen LogP contribution is -2.39. The van der Waals surface area contributed by atoms with Crippen molar-refractivity contribution in [1.29, 1.82) is 0 Å². The van der Waals surface area contributed by atoms with E-state index in [0.29, 0.717) is 36.1 Å². The SMILES string of the molecule is Nc1cc2c(cc1NC(=O)C1COCCO1)OCO2. The molecule has 2 heterocycles. The second-order valence-corrected chi connectivity index (χ2v) is 4.22. The lowest BCUT2D eigenvalue weighted by atomic mass is 10.2. The van der Waals surface area contributed by atoms with Crippen LogP contribution in [0.4, 0.5) is 11.4 Å². The Bertz CT molecular complexity index is 499. The fraction of sp³-hybridized carbons (Fsp3) is 0.417. The quantitative estimate of drug-likeness (QED) is 0.750. The molecule has 0 bridgehead atoms. The maximum Gasteiger partial charge on any atom is 0.255 e. The Balaban J connectivity index is 1.74. The number of fused-ring (bicyclic) bond motifs is 1. The number of rotatable bonds is 2. The zero-order valence-electron chi connectivity index (χ0n) is 10.2. The first-order valence-corrected chi connectivity index (χ1v) is 5.93. The van der Waals surface area contributed by atoms with Gasteiger partial charge in [-0.3, -0.25) is 4.79 Å². The smallest absolute Gasteiger partial charge is 0.255 e. The van der Waals surface area contributed by atoms with E-state index in [1.807, 2.05) is 0 Å². The van der Waals surface area contributed by atoms with Gasteiger partial charge in [-0.15, -0.1) is 0 Å². The van der Waals surface area contributed by atoms with Crippen LogP contribution in [0.15, 0.2) is 12.1 Å². The summed E-state index contributed by atoms with van der Waals surface area (Å²) in [6.45, 7) is 1.33. The Kier molecular flexibility index (Phi) is 3.14. The van der Waals surface area contributed by atoms with Crippen molar-refractivity contribution in [2.45, 2.75) is 6.10 Å². The molecule has 0 radical (unpaired) electrons. The molecule has 2 aliphatic heterocycles. The molecule has 1 aromatic rings. The van der Waals surface area contributed by atoms with Crippen LogP contribution in [-0.4, -0.2) is 38.6 Å². The number of hydrogen-bond donors (Lipinski definition) is 2. The van der Waals surface area contributed by atoms with Gasteiger partial charge in [0.05, 0.1) is 31.2 Å². The molecule has 19 heavy (non-hydrogen) atoms. The molecule has 0 spiro atoms. The number of carbonyl (C=O) groups excluding carboxylic acids is 1. The van der Waals surface area contributed by atoms with Gasteiger partial charge in [-0.05, 0) is 0 Å². The minimum Gasteiger partial charge on any atom is -0.454 e. The lowest BCUT2D eigenvalue weighted by Gasteiger charge is -2.22. The average molecular weight is 266 g/mol. The van der Waals surface area contributed by atoms with Crippen molar-refractivity contribution in [2.24, 2.45) is 0 Å². The first-order chi connectivity index (χ1) is 9.24. The Hall–Kier alpha value is -1.99. The number of amides is 1. The van der Waals surface area contributed by atoms with Gasteiger partial charge in [-0.2, -0.15) is 0 Å². The highest BCUT2D eigenvalue weighted by Gasteiger charge is 2.24. The fourth-order valence-corrected chi connectivity index (χ4v) is 1.92. The van der Waals surface area contributed by atoms with E-state index < -0.39 is 6.10 Å². The van der Waals surface area contributed by atoms with Crippen molar-refractivity contribution in [2.75, 3.05) is 37.7 Å². The van der Waals surface area contributed by atoms with E-state index >= 15 is 0 Å². The summed E-state index contributed by atoms with van der Waals surface area (Å²) in [4.78, 5) is 12.0. The maximum atomic E-state index is 12.0. The Labute approximate surface area is 109 Å². The molecule has 1 fully saturated rings. The molecular formula is C12H14N2O5. The standard InChI is InChI=1S/C12H14N2O5/c13-7-3-9-10(19-6-18-9)4-8(7)14-12(15)11-5-16-1-2-17-11/h3-4,11H,1-2,5-6,13H2,(H,14,15). The van der Waals surface area contributed by atoms with Crippen LogP contribution in [-0.2, 0) is 14.3 Å². The monoisotopic (exact) mass is 266 g/mol. The maximum absolute atomic E-state index is 12.0. The van der Waals surface area contributed by atoms with E-state index in [2.05, 4.69) is 5.32 Å². The van der Waals surface area contributed by atoms with Gasteiger partial charge in [0.15, 0.2) is 17.6 Å². The van der Waals surface area contributed by atoms with Crippen molar-refractivity contribution < 1.29 is 23.7 Å². The largest absolute Gasteiger partial charge is 0.454 e. The molecule has 1 aromatic carbocycles. The van der Waals surface area contributed by atoms with E-state index in [-0.39, 0.29) is 19.3 Å². The third-order valence-corrected chi connectivity index (χ3v) is 2.91. The molecule has 1 amide bonds. The first-order valence-electron chi connectivity index (χ1n) is 5.93. The van der Waals surface area contributed by atoms with Gasteiger partial charge in [0.25, 0.3) is 5.91 Å². The third-order valence-electron chi connectivity index (χ3n) is 2.91. The molecule has 3 N–H and O–H groups in total. The predicted octanol–water partition coefficient (Wildman–Crippen LogP) is 0.351. The summed E-state index contributed by atoms with van der Waals surface area (Å²) in [6, 6.07) is 3.26. The van der Waals surface area contributed by atoms with Gasteiger partial charge in [0.1, 0.15) is 0 Å². The van der Waals surface area contributed by atoms with Crippen LogP contribution >= 0.6 is 0 Å². The van der Waals surface area contributed by atoms with E-state index in [9.17, 15) is 4.79 Å². The molecule has 7 nitrogen and oxygen atoms in total. The Morgan fingerprint density at radius 3 is 2.79 bits per heavy atom. The van der Waals surface area contributed by atoms with E-state index in [4.69, 9.17) is 24.7 Å². The number of ether oxygens (including phenoxy) is 4. The first kappa shape index (κ1) is 12.1. The molecule has 1 atom stereocenters. The predicted molar refractivity (Wildman–Crippen MR) is 66.2 cm³/mol. The van der Waals surface area contributed by atoms with Crippen LogP contribution in [0.3, 0.4) is 0 Å². The summed E-state index contributed by atoms with van der Waals surface area (Å²) in [5, 5.41) is 2.71. The fourth-order valence-electron chi connectivity index (χ4n) is 1.92. The van der Waals surface area contributed by atoms with Crippen molar-refractivity contribution in [3.8, 4) is 11.5 Å². The number of benzene rings is 1. The summed E-state index contributed by atoms with van der Waals surface area (Å²) >= 11 is 0. The van der Waals surface area contributed by atoms with Gasteiger partial charge in [-0.25, -0.2) is 0 Å². The van der Waals surface area contributed by atoms with E-state index in [1.54, 1.807) is 12.1 Å². The van der Waals surface area contributed by atoms with Gasteiger partial charge >= 0.3 is 0 Å². The van der Waals surface area contributed by atoms with Crippen LogP contribution in [0.5, 0.6) is 11.5 Å². The number of hydrogen-bond acceptors (Lipinski definition) is 6. The Morgan fingerprint density at radius 1 is 1.26 bits per heavy atom. The van der Waals surface area contributed by atoms with Crippen molar-refractivity contribution >= 4 is 17.3 Å². The average Bonchev–Trinajstić information content (AvgIpc) is 2.87. The Morgan fingerprint density at radius 2 is 2.05 bits per heavy atom. The molecule has 0 aliphatic carbocycles. The summed E-state index contributed by atoms with van der Waals surface area (Å²) < 4.78 is 20.9. The zero-order valence-corrected chi connectivity index (χ0v) is 10.2. The highest BCUT2D eigenvalue weighted by Crippen LogP contribution is 2.38. The van der Waals surface area contributed by atoms with Crippen molar-refractivity contribution in [3.63, 3.8) is 0 Å². The second-order valence-electron chi connectivity index (χ2n) is 4.22. The summed E-state index contributed by atoms with van der Waals surface area (Å²) in [6.07, 6.45) is -0.612. The van der Waals surface area contributed by atoms with Crippen LogP contribution in [0.25, 0.3) is 0 Å². The number of carbonyl (C=O) groups is 1. The molecule has 0 saturated carbocycles. The zero-order chi connectivity index (χ0) is 13.2. The van der Waals surface area contributed by atoms with Gasteiger partial charge in [0.2, 0.25) is 6.79 Å². The van der Waals surface area contributed by atoms with Crippen LogP contribution in [0.1, 0.15) is 0 Å². The number of nitrogen functional groups attached to an aromatic ring is 1. The molecular weight excluding hydrogens is 252 g/mol. The number of nitrogens with one attached hydrogen (secondary N) is 1. The highest BCUT2D eigenvalue weighted by molar-refractivity contribution is 5.97. The molecule has 102 valence electrons. The van der Waals surface area contributed by atoms with Crippen LogP contribution < -0.4 is 20.5 Å². The molecule has 1 saturated heterocycles. The summed E-state index contributed by atoms with van der Waals surface area (Å²) in [5.41, 5.74) is 6.74. The summed E-state index contributed by atoms with van der Waals surface area (Å²) in [5.74, 6) is 0.850. The minimum atomic E-state index is -0.612. The van der Waals surface area contributed by atoms with Crippen molar-refractivity contribution in [3.05, 3.63) is 12.1 Å². The number of anilines is 2.